The lowest BCUT2D eigenvalue weighted by Gasteiger charge is -2.33. The molecule has 2 heterocycles. The maximum atomic E-state index is 12.9. The smallest absolute Gasteiger partial charge is 0.245 e. The number of nitrogens with two attached hydrogens (primary N) is 1. The number of piperidine rings is 1. The molecule has 1 aliphatic rings. The van der Waals surface area contributed by atoms with Gasteiger partial charge < -0.3 is 5.73 Å². The number of sulfonamides is 1. The van der Waals surface area contributed by atoms with Gasteiger partial charge in [-0.25, -0.2) is 8.42 Å². The van der Waals surface area contributed by atoms with Gasteiger partial charge >= 0.3 is 0 Å². The van der Waals surface area contributed by atoms with Crippen LogP contribution in [0.1, 0.15) is 19.3 Å². The van der Waals surface area contributed by atoms with Crippen molar-refractivity contribution in [3.05, 3.63) is 18.2 Å². The molecule has 1 fully saturated rings. The Morgan fingerprint density at radius 2 is 2.20 bits per heavy atom. The molecule has 1 unspecified atom stereocenters. The molecule has 2 aromatic rings. The van der Waals surface area contributed by atoms with Crippen LogP contribution >= 0.6 is 11.7 Å². The number of hydrogen-bond donors (Lipinski definition) is 1. The normalized spacial score (nSPS) is 21.4. The lowest BCUT2D eigenvalue weighted by atomic mass is 10.1. The summed E-state index contributed by atoms with van der Waals surface area (Å²) in [7, 11) is -3.56. The molecule has 0 saturated carbocycles. The minimum Gasteiger partial charge on any atom is -0.329 e. The van der Waals surface area contributed by atoms with E-state index in [1.807, 2.05) is 0 Å². The Kier molecular flexibility index (Phi) is 3.72. The van der Waals surface area contributed by atoms with Gasteiger partial charge in [-0.3, -0.25) is 0 Å². The van der Waals surface area contributed by atoms with Crippen molar-refractivity contribution in [1.29, 1.82) is 0 Å². The fourth-order valence-electron chi connectivity index (χ4n) is 2.64. The van der Waals surface area contributed by atoms with Gasteiger partial charge in [0.05, 0.1) is 11.7 Å². The molecular formula is C12H16N4O2S2. The molecule has 3 rings (SSSR count). The average Bonchev–Trinajstić information content (AvgIpc) is 2.95. The molecule has 1 aromatic carbocycles. The zero-order valence-corrected chi connectivity index (χ0v) is 12.5. The van der Waals surface area contributed by atoms with Crippen molar-refractivity contribution in [3.63, 3.8) is 0 Å². The van der Waals surface area contributed by atoms with E-state index in [4.69, 9.17) is 5.73 Å². The second kappa shape index (κ2) is 5.36. The van der Waals surface area contributed by atoms with Gasteiger partial charge in [0, 0.05) is 19.1 Å². The first-order chi connectivity index (χ1) is 9.64. The van der Waals surface area contributed by atoms with E-state index in [0.717, 1.165) is 31.0 Å². The summed E-state index contributed by atoms with van der Waals surface area (Å²) >= 11 is 1.03. The van der Waals surface area contributed by atoms with Crippen molar-refractivity contribution in [3.8, 4) is 0 Å². The van der Waals surface area contributed by atoms with E-state index < -0.39 is 10.0 Å². The highest BCUT2D eigenvalue weighted by Gasteiger charge is 2.34. The quantitative estimate of drug-likeness (QED) is 0.919. The van der Waals surface area contributed by atoms with Crippen LogP contribution in [0.3, 0.4) is 0 Å². The van der Waals surface area contributed by atoms with Gasteiger partial charge in [0.2, 0.25) is 10.0 Å². The number of rotatable bonds is 3. The van der Waals surface area contributed by atoms with Crippen molar-refractivity contribution < 1.29 is 8.42 Å². The summed E-state index contributed by atoms with van der Waals surface area (Å²) in [6.07, 6.45) is 2.72. The fourth-order valence-corrected chi connectivity index (χ4v) is 5.10. The summed E-state index contributed by atoms with van der Waals surface area (Å²) in [5.74, 6) is 0. The minimum atomic E-state index is -3.56. The number of fused-ring (bicyclic) bond motifs is 1. The molecule has 0 aliphatic carbocycles. The molecule has 0 bridgehead atoms. The summed E-state index contributed by atoms with van der Waals surface area (Å²) in [5.41, 5.74) is 6.81. The maximum absolute atomic E-state index is 12.9. The summed E-state index contributed by atoms with van der Waals surface area (Å²) < 4.78 is 35.5. The highest BCUT2D eigenvalue weighted by molar-refractivity contribution is 7.89. The van der Waals surface area contributed by atoms with E-state index in [9.17, 15) is 8.42 Å². The Balaban J connectivity index is 2.09. The Bertz CT molecular complexity index is 713. The third kappa shape index (κ3) is 2.22. The number of benzene rings is 1. The van der Waals surface area contributed by atoms with Crippen molar-refractivity contribution in [2.24, 2.45) is 5.73 Å². The van der Waals surface area contributed by atoms with Crippen molar-refractivity contribution in [1.82, 2.24) is 13.1 Å². The molecule has 1 aromatic heterocycles. The minimum absolute atomic E-state index is 0.115. The monoisotopic (exact) mass is 312 g/mol. The molecular weight excluding hydrogens is 296 g/mol. The summed E-state index contributed by atoms with van der Waals surface area (Å²) in [4.78, 5) is 0.240. The molecule has 0 amide bonds. The van der Waals surface area contributed by atoms with Crippen molar-refractivity contribution >= 4 is 32.8 Å². The van der Waals surface area contributed by atoms with E-state index in [2.05, 4.69) is 8.75 Å². The summed E-state index contributed by atoms with van der Waals surface area (Å²) in [6.45, 7) is 0.878. The standard InChI is InChI=1S/C12H16N4O2S2/c13-8-9-4-1-2-7-16(9)20(17,18)11-6-3-5-10-12(11)15-19-14-10/h3,5-6,9H,1-2,4,7-8,13H2. The van der Waals surface area contributed by atoms with Gasteiger partial charge in [-0.15, -0.1) is 0 Å². The third-order valence-electron chi connectivity index (χ3n) is 3.68. The molecule has 20 heavy (non-hydrogen) atoms. The van der Waals surface area contributed by atoms with Gasteiger partial charge in [0.1, 0.15) is 15.9 Å². The topological polar surface area (TPSA) is 89.2 Å². The Labute approximate surface area is 122 Å². The molecule has 8 heteroatoms. The predicted octanol–water partition coefficient (Wildman–Crippen LogP) is 1.19. The molecule has 108 valence electrons. The van der Waals surface area contributed by atoms with Crippen LogP contribution in [0.5, 0.6) is 0 Å². The molecule has 1 saturated heterocycles. The van der Waals surface area contributed by atoms with Crippen LogP contribution in [0.15, 0.2) is 23.1 Å². The number of hydrogen-bond acceptors (Lipinski definition) is 6. The summed E-state index contributed by atoms with van der Waals surface area (Å²) in [5, 5.41) is 0. The van der Waals surface area contributed by atoms with Crippen molar-refractivity contribution in [2.75, 3.05) is 13.1 Å². The number of nitrogens with zero attached hydrogens (tertiary/aromatic N) is 3. The van der Waals surface area contributed by atoms with Gasteiger partial charge in [0.25, 0.3) is 0 Å². The van der Waals surface area contributed by atoms with Gasteiger partial charge in [-0.2, -0.15) is 13.1 Å². The first-order valence-electron chi connectivity index (χ1n) is 6.58. The highest BCUT2D eigenvalue weighted by atomic mass is 32.2. The SMILES string of the molecule is NCC1CCCCN1S(=O)(=O)c1cccc2nsnc12. The van der Waals surface area contributed by atoms with Crippen LogP contribution < -0.4 is 5.73 Å². The first-order valence-corrected chi connectivity index (χ1v) is 8.75. The molecule has 0 spiro atoms. The first kappa shape index (κ1) is 13.9. The lowest BCUT2D eigenvalue weighted by Crippen LogP contribution is -2.47. The van der Waals surface area contributed by atoms with E-state index in [0.29, 0.717) is 24.1 Å². The van der Waals surface area contributed by atoms with Crippen LogP contribution in [0.2, 0.25) is 0 Å². The molecule has 2 N–H and O–H groups in total. The highest BCUT2D eigenvalue weighted by Crippen LogP contribution is 2.28. The fraction of sp³-hybridized carbons (Fsp3) is 0.500. The van der Waals surface area contributed by atoms with Crippen LogP contribution in [-0.4, -0.2) is 40.6 Å². The van der Waals surface area contributed by atoms with Gasteiger partial charge in [0.15, 0.2) is 0 Å². The Morgan fingerprint density at radius 3 is 3.00 bits per heavy atom. The molecule has 1 aliphatic heterocycles. The Morgan fingerprint density at radius 1 is 1.35 bits per heavy atom. The molecule has 1 atom stereocenters. The molecule has 6 nitrogen and oxygen atoms in total. The van der Waals surface area contributed by atoms with Gasteiger partial charge in [-0.05, 0) is 25.0 Å². The van der Waals surface area contributed by atoms with Crippen LogP contribution in [-0.2, 0) is 10.0 Å². The second-order valence-corrected chi connectivity index (χ2v) is 7.28. The van der Waals surface area contributed by atoms with Crippen LogP contribution in [0.25, 0.3) is 11.0 Å². The lowest BCUT2D eigenvalue weighted by molar-refractivity contribution is 0.258. The van der Waals surface area contributed by atoms with E-state index in [1.165, 1.54) is 4.31 Å². The maximum Gasteiger partial charge on any atom is 0.245 e. The zero-order chi connectivity index (χ0) is 14.2. The zero-order valence-electron chi connectivity index (χ0n) is 10.9. The largest absolute Gasteiger partial charge is 0.329 e. The van der Waals surface area contributed by atoms with Crippen LogP contribution in [0.4, 0.5) is 0 Å². The molecule has 0 radical (unpaired) electrons. The third-order valence-corrected chi connectivity index (χ3v) is 6.21. The van der Waals surface area contributed by atoms with E-state index >= 15 is 0 Å². The summed E-state index contributed by atoms with van der Waals surface area (Å²) in [6, 6.07) is 4.96. The average molecular weight is 312 g/mol. The van der Waals surface area contributed by atoms with Crippen LogP contribution in [0, 0.1) is 0 Å². The van der Waals surface area contributed by atoms with E-state index in [1.54, 1.807) is 18.2 Å². The second-order valence-electron chi connectivity index (χ2n) is 4.89. The Hall–Kier alpha value is -1.09. The predicted molar refractivity (Wildman–Crippen MR) is 78.0 cm³/mol. The number of aromatic nitrogens is 2. The van der Waals surface area contributed by atoms with Crippen molar-refractivity contribution in [2.45, 2.75) is 30.2 Å². The van der Waals surface area contributed by atoms with Gasteiger partial charge in [-0.1, -0.05) is 12.5 Å². The van der Waals surface area contributed by atoms with E-state index in [-0.39, 0.29) is 10.9 Å².